The Morgan fingerprint density at radius 2 is 1.63 bits per heavy atom. The first-order valence-corrected chi connectivity index (χ1v) is 9.49. The molecule has 0 aliphatic carbocycles. The van der Waals surface area contributed by atoms with Crippen molar-refractivity contribution in [1.29, 1.82) is 0 Å². The molecule has 0 spiro atoms. The largest absolute Gasteiger partial charge is 0.313 e. The first-order valence-electron chi connectivity index (χ1n) is 9.49. The second kappa shape index (κ2) is 7.57. The van der Waals surface area contributed by atoms with Gasteiger partial charge in [-0.25, -0.2) is 4.39 Å². The molecule has 4 rings (SSSR count). The van der Waals surface area contributed by atoms with Crippen molar-refractivity contribution in [2.24, 2.45) is 0 Å². The Morgan fingerprint density at radius 3 is 2.11 bits per heavy atom. The lowest BCUT2D eigenvalue weighted by Gasteiger charge is -2.38. The number of hydrogen-bond acceptors (Lipinski definition) is 3. The molecular formula is C23H24FN3. The van der Waals surface area contributed by atoms with Crippen molar-refractivity contribution in [1.82, 2.24) is 15.3 Å². The number of nitrogens with zero attached hydrogens (tertiary/aromatic N) is 2. The lowest BCUT2D eigenvalue weighted by Crippen LogP contribution is -2.42. The van der Waals surface area contributed by atoms with E-state index in [0.29, 0.717) is 11.1 Å². The van der Waals surface area contributed by atoms with Crippen molar-refractivity contribution in [3.63, 3.8) is 0 Å². The average Bonchev–Trinajstić information content (AvgIpc) is 3.25. The van der Waals surface area contributed by atoms with Crippen LogP contribution in [0.4, 0.5) is 4.39 Å². The molecule has 1 aliphatic heterocycles. The zero-order chi connectivity index (χ0) is 18.7. The van der Waals surface area contributed by atoms with Crippen LogP contribution in [0, 0.1) is 6.92 Å². The third-order valence-corrected chi connectivity index (χ3v) is 5.53. The number of alkyl halides is 1. The highest BCUT2D eigenvalue weighted by Crippen LogP contribution is 2.48. The van der Waals surface area contributed by atoms with Crippen LogP contribution in [0.3, 0.4) is 0 Å². The van der Waals surface area contributed by atoms with E-state index < -0.39 is 5.67 Å². The van der Waals surface area contributed by atoms with Crippen LogP contribution >= 0.6 is 0 Å². The molecular weight excluding hydrogens is 337 g/mol. The van der Waals surface area contributed by atoms with Crippen molar-refractivity contribution in [2.45, 2.75) is 37.4 Å². The third-order valence-electron chi connectivity index (χ3n) is 5.53. The fourth-order valence-electron chi connectivity index (χ4n) is 4.19. The number of hydrogen-bond donors (Lipinski definition) is 1. The van der Waals surface area contributed by atoms with Crippen molar-refractivity contribution >= 4 is 0 Å². The second-order valence-corrected chi connectivity index (χ2v) is 7.29. The van der Waals surface area contributed by atoms with Crippen LogP contribution < -0.4 is 5.32 Å². The molecule has 0 saturated carbocycles. The van der Waals surface area contributed by atoms with Gasteiger partial charge in [0.2, 0.25) is 0 Å². The van der Waals surface area contributed by atoms with E-state index in [1.54, 1.807) is 36.9 Å². The predicted molar refractivity (Wildman–Crippen MR) is 105 cm³/mol. The maximum Gasteiger partial charge on any atom is 0.172 e. The lowest BCUT2D eigenvalue weighted by molar-refractivity contribution is 0.149. The van der Waals surface area contributed by atoms with Gasteiger partial charge in [-0.3, -0.25) is 9.97 Å². The Morgan fingerprint density at radius 1 is 1.00 bits per heavy atom. The Balaban J connectivity index is 1.92. The molecule has 3 nitrogen and oxygen atoms in total. The Bertz CT molecular complexity index is 820. The van der Waals surface area contributed by atoms with Crippen molar-refractivity contribution in [3.8, 4) is 0 Å². The first-order chi connectivity index (χ1) is 13.2. The summed E-state index contributed by atoms with van der Waals surface area (Å²) in [6, 6.07) is 15.5. The molecule has 1 fully saturated rings. The van der Waals surface area contributed by atoms with E-state index >= 15 is 4.39 Å². The van der Waals surface area contributed by atoms with Gasteiger partial charge >= 0.3 is 0 Å². The SMILES string of the molecule is Cc1ccc(C(C2CCCN2)C(F)(c2cccnc2)c2cccnc2)cc1. The number of pyridine rings is 2. The molecule has 1 aromatic carbocycles. The number of rotatable bonds is 5. The first kappa shape index (κ1) is 17.8. The van der Waals surface area contributed by atoms with E-state index in [4.69, 9.17) is 0 Å². The summed E-state index contributed by atoms with van der Waals surface area (Å²) in [6.07, 6.45) is 8.66. The maximum atomic E-state index is 17.2. The minimum atomic E-state index is -1.72. The van der Waals surface area contributed by atoms with Crippen LogP contribution in [-0.2, 0) is 5.67 Å². The number of aryl methyl sites for hydroxylation is 1. The molecule has 1 N–H and O–H groups in total. The Kier molecular flexibility index (Phi) is 4.99. The molecule has 2 unspecified atom stereocenters. The fourth-order valence-corrected chi connectivity index (χ4v) is 4.19. The molecule has 1 aliphatic rings. The van der Waals surface area contributed by atoms with Gasteiger partial charge < -0.3 is 5.32 Å². The van der Waals surface area contributed by atoms with Crippen molar-refractivity contribution < 1.29 is 4.39 Å². The van der Waals surface area contributed by atoms with Crippen LogP contribution in [-0.4, -0.2) is 22.6 Å². The van der Waals surface area contributed by atoms with E-state index in [9.17, 15) is 0 Å². The number of nitrogens with one attached hydrogen (secondary N) is 1. The molecule has 3 heterocycles. The van der Waals surface area contributed by atoms with E-state index in [1.807, 2.05) is 12.1 Å². The minimum absolute atomic E-state index is 0.0538. The summed E-state index contributed by atoms with van der Waals surface area (Å²) in [5.41, 5.74) is 1.58. The number of halogens is 1. The third kappa shape index (κ3) is 3.37. The Hall–Kier alpha value is -2.59. The molecule has 138 valence electrons. The highest BCUT2D eigenvalue weighted by atomic mass is 19.1. The summed E-state index contributed by atoms with van der Waals surface area (Å²) >= 11 is 0. The molecule has 0 bridgehead atoms. The highest BCUT2D eigenvalue weighted by molar-refractivity contribution is 5.42. The highest BCUT2D eigenvalue weighted by Gasteiger charge is 2.48. The van der Waals surface area contributed by atoms with Gasteiger partial charge in [-0.15, -0.1) is 0 Å². The summed E-state index contributed by atoms with van der Waals surface area (Å²) in [5, 5.41) is 3.53. The quantitative estimate of drug-likeness (QED) is 0.725. The molecule has 3 aromatic rings. The fraction of sp³-hybridized carbons (Fsp3) is 0.304. The molecule has 4 heteroatoms. The molecule has 27 heavy (non-hydrogen) atoms. The zero-order valence-corrected chi connectivity index (χ0v) is 15.5. The maximum absolute atomic E-state index is 17.2. The van der Waals surface area contributed by atoms with Gasteiger partial charge in [0.25, 0.3) is 0 Å². The second-order valence-electron chi connectivity index (χ2n) is 7.29. The van der Waals surface area contributed by atoms with Gasteiger partial charge in [-0.2, -0.15) is 0 Å². The van der Waals surface area contributed by atoms with E-state index in [-0.39, 0.29) is 12.0 Å². The van der Waals surface area contributed by atoms with Crippen LogP contribution in [0.25, 0.3) is 0 Å². The van der Waals surface area contributed by atoms with Crippen LogP contribution in [0.5, 0.6) is 0 Å². The van der Waals surface area contributed by atoms with Gasteiger partial charge in [-0.1, -0.05) is 42.0 Å². The standard InChI is InChI=1S/C23H24FN3/c1-17-8-10-18(11-9-17)22(21-7-4-14-27-21)23(24,19-5-2-12-25-15-19)20-6-3-13-26-16-20/h2-3,5-6,8-13,15-16,21-22,27H,4,7,14H2,1H3. The molecule has 2 atom stereocenters. The zero-order valence-electron chi connectivity index (χ0n) is 15.5. The van der Waals surface area contributed by atoms with Gasteiger partial charge in [0, 0.05) is 47.9 Å². The van der Waals surface area contributed by atoms with Gasteiger partial charge in [0.1, 0.15) is 0 Å². The molecule has 0 amide bonds. The summed E-state index contributed by atoms with van der Waals surface area (Å²) in [7, 11) is 0. The molecule has 0 radical (unpaired) electrons. The summed E-state index contributed by atoms with van der Waals surface area (Å²) in [4.78, 5) is 8.42. The minimum Gasteiger partial charge on any atom is -0.313 e. The smallest absolute Gasteiger partial charge is 0.172 e. The topological polar surface area (TPSA) is 37.8 Å². The van der Waals surface area contributed by atoms with Gasteiger partial charge in [0.15, 0.2) is 5.67 Å². The monoisotopic (exact) mass is 361 g/mol. The number of aromatic nitrogens is 2. The van der Waals surface area contributed by atoms with E-state index in [1.165, 1.54) is 5.56 Å². The summed E-state index contributed by atoms with van der Waals surface area (Å²) in [6.45, 7) is 2.97. The lowest BCUT2D eigenvalue weighted by atomic mass is 9.71. The van der Waals surface area contributed by atoms with Crippen LogP contribution in [0.15, 0.2) is 73.3 Å². The average molecular weight is 361 g/mol. The number of benzene rings is 1. The van der Waals surface area contributed by atoms with Crippen molar-refractivity contribution in [2.75, 3.05) is 6.54 Å². The van der Waals surface area contributed by atoms with Gasteiger partial charge in [-0.05, 0) is 44.0 Å². The predicted octanol–water partition coefficient (Wildman–Crippen LogP) is 4.53. The van der Waals surface area contributed by atoms with Crippen molar-refractivity contribution in [3.05, 3.63) is 95.6 Å². The van der Waals surface area contributed by atoms with Crippen LogP contribution in [0.1, 0.15) is 41.0 Å². The van der Waals surface area contributed by atoms with Gasteiger partial charge in [0.05, 0.1) is 0 Å². The van der Waals surface area contributed by atoms with Crippen LogP contribution in [0.2, 0.25) is 0 Å². The molecule has 2 aromatic heterocycles. The normalized spacial score (nSPS) is 18.4. The van der Waals surface area contributed by atoms with E-state index in [2.05, 4.69) is 46.5 Å². The Labute approximate surface area is 159 Å². The summed E-state index contributed by atoms with van der Waals surface area (Å²) in [5.74, 6) is -0.367. The van der Waals surface area contributed by atoms with E-state index in [0.717, 1.165) is 24.9 Å². The summed E-state index contributed by atoms with van der Waals surface area (Å²) < 4.78 is 17.2. The molecule has 1 saturated heterocycles.